The van der Waals surface area contributed by atoms with Gasteiger partial charge in [0.25, 0.3) is 5.91 Å². The van der Waals surface area contributed by atoms with Crippen LogP contribution < -0.4 is 20.5 Å². The van der Waals surface area contributed by atoms with E-state index < -0.39 is 5.91 Å². The summed E-state index contributed by atoms with van der Waals surface area (Å²) in [5.74, 6) is 0.472. The minimum Gasteiger partial charge on any atom is -0.495 e. The highest BCUT2D eigenvalue weighted by Crippen LogP contribution is 2.36. The SMILES string of the molecule is COc1cc(OC)c(NC(=O)c2cnccc2N)cc1Cl. The number of nitrogens with one attached hydrogen (secondary N) is 1. The highest BCUT2D eigenvalue weighted by atomic mass is 35.5. The molecule has 0 saturated carbocycles. The second-order valence-corrected chi connectivity index (χ2v) is 4.51. The summed E-state index contributed by atoms with van der Waals surface area (Å²) in [7, 11) is 2.98. The van der Waals surface area contributed by atoms with Gasteiger partial charge in [0.2, 0.25) is 0 Å². The number of nitrogens with two attached hydrogens (primary N) is 1. The van der Waals surface area contributed by atoms with Crippen molar-refractivity contribution in [2.24, 2.45) is 0 Å². The first-order valence-corrected chi connectivity index (χ1v) is 6.37. The monoisotopic (exact) mass is 307 g/mol. The summed E-state index contributed by atoms with van der Waals surface area (Å²) in [6, 6.07) is 4.68. The summed E-state index contributed by atoms with van der Waals surface area (Å²) in [6.45, 7) is 0. The number of benzene rings is 1. The Balaban J connectivity index is 2.33. The molecular formula is C14H14ClN3O3. The van der Waals surface area contributed by atoms with Crippen molar-refractivity contribution in [3.05, 3.63) is 41.2 Å². The number of methoxy groups -OCH3 is 2. The predicted octanol–water partition coefficient (Wildman–Crippen LogP) is 2.59. The number of nitrogens with zero attached hydrogens (tertiary/aromatic N) is 1. The van der Waals surface area contributed by atoms with Gasteiger partial charge >= 0.3 is 0 Å². The molecule has 3 N–H and O–H groups in total. The molecule has 0 atom stereocenters. The van der Waals surface area contributed by atoms with Crippen molar-refractivity contribution in [2.75, 3.05) is 25.3 Å². The Labute approximate surface area is 126 Å². The molecule has 0 aliphatic carbocycles. The molecule has 0 unspecified atom stereocenters. The van der Waals surface area contributed by atoms with Crippen LogP contribution in [0.15, 0.2) is 30.6 Å². The Morgan fingerprint density at radius 1 is 1.29 bits per heavy atom. The number of aromatic nitrogens is 1. The molecule has 21 heavy (non-hydrogen) atoms. The lowest BCUT2D eigenvalue weighted by molar-refractivity contribution is 0.102. The molecule has 0 spiro atoms. The first-order valence-electron chi connectivity index (χ1n) is 5.99. The Morgan fingerprint density at radius 3 is 2.62 bits per heavy atom. The van der Waals surface area contributed by atoms with Gasteiger partial charge in [0.1, 0.15) is 11.5 Å². The van der Waals surface area contributed by atoms with Crippen molar-refractivity contribution in [1.29, 1.82) is 0 Å². The lowest BCUT2D eigenvalue weighted by Gasteiger charge is -2.13. The number of carbonyl (C=O) groups excluding carboxylic acids is 1. The minimum atomic E-state index is -0.403. The number of hydrogen-bond donors (Lipinski definition) is 2. The molecule has 0 radical (unpaired) electrons. The zero-order chi connectivity index (χ0) is 15.4. The Kier molecular flexibility index (Phi) is 4.49. The number of hydrogen-bond acceptors (Lipinski definition) is 5. The summed E-state index contributed by atoms with van der Waals surface area (Å²) >= 11 is 6.05. The molecule has 7 heteroatoms. The zero-order valence-corrected chi connectivity index (χ0v) is 12.3. The number of ether oxygens (including phenoxy) is 2. The van der Waals surface area contributed by atoms with Gasteiger partial charge in [0.15, 0.2) is 0 Å². The second kappa shape index (κ2) is 6.32. The van der Waals surface area contributed by atoms with E-state index >= 15 is 0 Å². The molecule has 110 valence electrons. The van der Waals surface area contributed by atoms with Crippen LogP contribution in [0.1, 0.15) is 10.4 Å². The molecule has 1 heterocycles. The quantitative estimate of drug-likeness (QED) is 0.906. The van der Waals surface area contributed by atoms with Crippen molar-refractivity contribution in [3.63, 3.8) is 0 Å². The van der Waals surface area contributed by atoms with E-state index in [1.807, 2.05) is 0 Å². The van der Waals surface area contributed by atoms with E-state index in [0.717, 1.165) is 0 Å². The van der Waals surface area contributed by atoms with E-state index in [-0.39, 0.29) is 5.56 Å². The first kappa shape index (κ1) is 14.9. The molecule has 0 aliphatic heterocycles. The molecule has 1 amide bonds. The Hall–Kier alpha value is -2.47. The summed E-state index contributed by atoms with van der Waals surface area (Å²) in [4.78, 5) is 16.1. The van der Waals surface area contributed by atoms with Gasteiger partial charge in [-0.3, -0.25) is 9.78 Å². The van der Waals surface area contributed by atoms with Crippen molar-refractivity contribution in [1.82, 2.24) is 4.98 Å². The highest BCUT2D eigenvalue weighted by molar-refractivity contribution is 6.32. The van der Waals surface area contributed by atoms with Crippen LogP contribution in [0.25, 0.3) is 0 Å². The molecule has 6 nitrogen and oxygen atoms in total. The van der Waals surface area contributed by atoms with Crippen LogP contribution in [0.5, 0.6) is 11.5 Å². The third-order valence-electron chi connectivity index (χ3n) is 2.82. The molecule has 1 aromatic carbocycles. The van der Waals surface area contributed by atoms with E-state index in [0.29, 0.717) is 27.9 Å². The average Bonchev–Trinajstić information content (AvgIpc) is 2.48. The Bertz CT molecular complexity index is 677. The van der Waals surface area contributed by atoms with E-state index in [2.05, 4.69) is 10.3 Å². The highest BCUT2D eigenvalue weighted by Gasteiger charge is 2.15. The van der Waals surface area contributed by atoms with E-state index in [1.54, 1.807) is 18.2 Å². The third-order valence-corrected chi connectivity index (χ3v) is 3.12. The fourth-order valence-electron chi connectivity index (χ4n) is 1.74. The molecule has 2 rings (SSSR count). The van der Waals surface area contributed by atoms with Gasteiger partial charge in [0, 0.05) is 24.1 Å². The second-order valence-electron chi connectivity index (χ2n) is 4.10. The van der Waals surface area contributed by atoms with Crippen LogP contribution in [0.3, 0.4) is 0 Å². The Morgan fingerprint density at radius 2 is 2.00 bits per heavy atom. The number of rotatable bonds is 4. The summed E-state index contributed by atoms with van der Waals surface area (Å²) in [5.41, 5.74) is 6.76. The maximum absolute atomic E-state index is 12.2. The maximum Gasteiger partial charge on any atom is 0.259 e. The van der Waals surface area contributed by atoms with Crippen LogP contribution in [-0.2, 0) is 0 Å². The zero-order valence-electron chi connectivity index (χ0n) is 11.5. The van der Waals surface area contributed by atoms with Crippen LogP contribution in [0.2, 0.25) is 5.02 Å². The number of nitrogen functional groups attached to an aromatic ring is 1. The smallest absolute Gasteiger partial charge is 0.259 e. The van der Waals surface area contributed by atoms with Gasteiger partial charge in [-0.05, 0) is 12.1 Å². The molecule has 0 bridgehead atoms. The van der Waals surface area contributed by atoms with Gasteiger partial charge in [-0.2, -0.15) is 0 Å². The lowest BCUT2D eigenvalue weighted by Crippen LogP contribution is -2.15. The number of amides is 1. The summed E-state index contributed by atoms with van der Waals surface area (Å²) in [6.07, 6.45) is 2.90. The normalized spacial score (nSPS) is 10.0. The topological polar surface area (TPSA) is 86.5 Å². The fourth-order valence-corrected chi connectivity index (χ4v) is 1.98. The van der Waals surface area contributed by atoms with E-state index in [4.69, 9.17) is 26.8 Å². The standard InChI is InChI=1S/C14H14ClN3O3/c1-20-12-6-13(21-2)11(5-9(12)15)18-14(19)8-7-17-4-3-10(8)16/h3-7H,1-2H3,(H2,16,17)(H,18,19). The molecule has 0 fully saturated rings. The molecule has 0 aliphatic rings. The van der Waals surface area contributed by atoms with Crippen molar-refractivity contribution in [2.45, 2.75) is 0 Å². The van der Waals surface area contributed by atoms with Crippen LogP contribution in [-0.4, -0.2) is 25.1 Å². The maximum atomic E-state index is 12.2. The summed E-state index contributed by atoms with van der Waals surface area (Å²) in [5, 5.41) is 3.04. The van der Waals surface area contributed by atoms with Gasteiger partial charge in [0.05, 0.1) is 30.5 Å². The first-order chi connectivity index (χ1) is 10.1. The van der Waals surface area contributed by atoms with E-state index in [1.165, 1.54) is 26.6 Å². The summed E-state index contributed by atoms with van der Waals surface area (Å²) < 4.78 is 10.3. The molecule has 2 aromatic rings. The van der Waals surface area contributed by atoms with Gasteiger partial charge in [-0.15, -0.1) is 0 Å². The van der Waals surface area contributed by atoms with Gasteiger partial charge in [-0.25, -0.2) is 0 Å². The largest absolute Gasteiger partial charge is 0.495 e. The van der Waals surface area contributed by atoms with Crippen LogP contribution in [0, 0.1) is 0 Å². The van der Waals surface area contributed by atoms with Crippen molar-refractivity contribution < 1.29 is 14.3 Å². The van der Waals surface area contributed by atoms with Crippen LogP contribution in [0.4, 0.5) is 11.4 Å². The molecular weight excluding hydrogens is 294 g/mol. The number of halogens is 1. The predicted molar refractivity (Wildman–Crippen MR) is 81.2 cm³/mol. The van der Waals surface area contributed by atoms with Crippen molar-refractivity contribution in [3.8, 4) is 11.5 Å². The van der Waals surface area contributed by atoms with Crippen molar-refractivity contribution >= 4 is 28.9 Å². The van der Waals surface area contributed by atoms with E-state index in [9.17, 15) is 4.79 Å². The average molecular weight is 308 g/mol. The number of carbonyl (C=O) groups is 1. The number of anilines is 2. The van der Waals surface area contributed by atoms with Crippen LogP contribution >= 0.6 is 11.6 Å². The number of pyridine rings is 1. The fraction of sp³-hybridized carbons (Fsp3) is 0.143. The third kappa shape index (κ3) is 3.17. The lowest BCUT2D eigenvalue weighted by atomic mass is 10.2. The molecule has 1 aromatic heterocycles. The molecule has 0 saturated heterocycles. The van der Waals surface area contributed by atoms with Gasteiger partial charge < -0.3 is 20.5 Å². The van der Waals surface area contributed by atoms with Gasteiger partial charge in [-0.1, -0.05) is 11.6 Å². The minimum absolute atomic E-state index is 0.270.